The summed E-state index contributed by atoms with van der Waals surface area (Å²) >= 11 is 3.92. The first-order valence-corrected chi connectivity index (χ1v) is 14.7. The van der Waals surface area contributed by atoms with Crippen molar-refractivity contribution in [3.05, 3.63) is 53.3 Å². The van der Waals surface area contributed by atoms with Gasteiger partial charge >= 0.3 is 0 Å². The minimum Gasteiger partial charge on any atom is -0.507 e. The lowest BCUT2D eigenvalue weighted by atomic mass is 9.79. The molecule has 2 aromatic rings. The lowest BCUT2D eigenvalue weighted by Crippen LogP contribution is -2.27. The number of nitrogens with zero attached hydrogens (tertiary/aromatic N) is 1. The predicted molar refractivity (Wildman–Crippen MR) is 151 cm³/mol. The molecule has 0 unspecified atom stereocenters. The van der Waals surface area contributed by atoms with E-state index in [1.54, 1.807) is 6.20 Å². The zero-order chi connectivity index (χ0) is 25.6. The van der Waals surface area contributed by atoms with Crippen molar-refractivity contribution >= 4 is 29.4 Å². The van der Waals surface area contributed by atoms with Gasteiger partial charge in [0.15, 0.2) is 0 Å². The SMILES string of the molecule is CC(C)(C)c1cc(S[C@H]2CCCC[C@@H]2SCCC(=O)NCc2ccccn2)cc(C(C)(C)C)c1O. The van der Waals surface area contributed by atoms with Crippen LogP contribution in [0.25, 0.3) is 0 Å². The third-order valence-corrected chi connectivity index (χ3v) is 9.46. The molecule has 6 heteroatoms. The Balaban J connectivity index is 1.63. The van der Waals surface area contributed by atoms with Crippen molar-refractivity contribution in [1.29, 1.82) is 0 Å². The van der Waals surface area contributed by atoms with E-state index in [9.17, 15) is 9.90 Å². The quantitative estimate of drug-likeness (QED) is 0.389. The Kier molecular flexibility index (Phi) is 9.61. The number of phenolic OH excluding ortho intramolecular Hbond substituents is 1. The fourth-order valence-electron chi connectivity index (χ4n) is 4.47. The summed E-state index contributed by atoms with van der Waals surface area (Å²) in [4.78, 5) is 17.9. The Labute approximate surface area is 220 Å². The van der Waals surface area contributed by atoms with Gasteiger partial charge in [-0.3, -0.25) is 9.78 Å². The van der Waals surface area contributed by atoms with Gasteiger partial charge in [-0.15, -0.1) is 11.8 Å². The molecule has 1 aliphatic rings. The molecule has 0 aliphatic heterocycles. The van der Waals surface area contributed by atoms with Crippen LogP contribution in [-0.2, 0) is 22.2 Å². The van der Waals surface area contributed by atoms with Gasteiger partial charge in [0.1, 0.15) is 5.75 Å². The molecule has 2 N–H and O–H groups in total. The van der Waals surface area contributed by atoms with Crippen LogP contribution < -0.4 is 5.32 Å². The van der Waals surface area contributed by atoms with Gasteiger partial charge in [0.2, 0.25) is 5.91 Å². The molecule has 1 aromatic heterocycles. The maximum Gasteiger partial charge on any atom is 0.221 e. The number of carbonyl (C=O) groups excluding carboxylic acids is 1. The molecule has 1 aliphatic carbocycles. The van der Waals surface area contributed by atoms with Gasteiger partial charge < -0.3 is 10.4 Å². The zero-order valence-electron chi connectivity index (χ0n) is 22.2. The average Bonchev–Trinajstić information content (AvgIpc) is 2.79. The maximum absolute atomic E-state index is 12.3. The first kappa shape index (κ1) is 27.9. The van der Waals surface area contributed by atoms with E-state index in [0.29, 0.717) is 29.2 Å². The number of carbonyl (C=O) groups is 1. The zero-order valence-corrected chi connectivity index (χ0v) is 23.8. The average molecular weight is 515 g/mol. The van der Waals surface area contributed by atoms with E-state index < -0.39 is 0 Å². The molecule has 35 heavy (non-hydrogen) atoms. The Morgan fingerprint density at radius 3 is 2.23 bits per heavy atom. The topological polar surface area (TPSA) is 62.2 Å². The molecule has 1 saturated carbocycles. The van der Waals surface area contributed by atoms with Gasteiger partial charge in [-0.25, -0.2) is 0 Å². The van der Waals surface area contributed by atoms with Crippen molar-refractivity contribution in [2.24, 2.45) is 0 Å². The van der Waals surface area contributed by atoms with Gasteiger partial charge in [-0.2, -0.15) is 11.8 Å². The number of hydrogen-bond acceptors (Lipinski definition) is 5. The van der Waals surface area contributed by atoms with Crippen LogP contribution in [0.2, 0.25) is 0 Å². The van der Waals surface area contributed by atoms with Gasteiger partial charge in [0.05, 0.1) is 12.2 Å². The normalized spacial score (nSPS) is 18.9. The van der Waals surface area contributed by atoms with Crippen LogP contribution >= 0.6 is 23.5 Å². The lowest BCUT2D eigenvalue weighted by molar-refractivity contribution is -0.120. The van der Waals surface area contributed by atoms with Crippen molar-refractivity contribution in [1.82, 2.24) is 10.3 Å². The number of hydrogen-bond donors (Lipinski definition) is 2. The summed E-state index contributed by atoms with van der Waals surface area (Å²) in [6.07, 6.45) is 7.21. The predicted octanol–water partition coefficient (Wildman–Crippen LogP) is 7.23. The van der Waals surface area contributed by atoms with Crippen LogP contribution in [0.15, 0.2) is 41.4 Å². The Hall–Kier alpha value is -1.66. The van der Waals surface area contributed by atoms with Crippen LogP contribution in [0, 0.1) is 0 Å². The summed E-state index contributed by atoms with van der Waals surface area (Å²) in [5, 5.41) is 15.1. The van der Waals surface area contributed by atoms with E-state index in [-0.39, 0.29) is 16.7 Å². The van der Waals surface area contributed by atoms with Crippen LogP contribution in [0.1, 0.15) is 90.5 Å². The number of phenols is 1. The summed E-state index contributed by atoms with van der Waals surface area (Å²) in [6.45, 7) is 13.5. The molecule has 192 valence electrons. The van der Waals surface area contributed by atoms with Gasteiger partial charge in [-0.1, -0.05) is 60.5 Å². The van der Waals surface area contributed by atoms with E-state index in [1.807, 2.05) is 41.7 Å². The van der Waals surface area contributed by atoms with E-state index in [1.165, 1.54) is 30.6 Å². The van der Waals surface area contributed by atoms with E-state index in [0.717, 1.165) is 22.6 Å². The Morgan fingerprint density at radius 2 is 1.66 bits per heavy atom. The van der Waals surface area contributed by atoms with E-state index in [4.69, 9.17) is 0 Å². The van der Waals surface area contributed by atoms with Crippen molar-refractivity contribution in [3.8, 4) is 5.75 Å². The molecular weight excluding hydrogens is 472 g/mol. The fraction of sp³-hybridized carbons (Fsp3) is 0.586. The van der Waals surface area contributed by atoms with Crippen LogP contribution in [0.4, 0.5) is 0 Å². The summed E-state index contributed by atoms with van der Waals surface area (Å²) in [7, 11) is 0. The van der Waals surface area contributed by atoms with Crippen molar-refractivity contribution in [2.45, 2.75) is 106 Å². The molecule has 1 fully saturated rings. The van der Waals surface area contributed by atoms with Crippen molar-refractivity contribution in [2.75, 3.05) is 5.75 Å². The largest absolute Gasteiger partial charge is 0.507 e. The molecule has 2 atom stereocenters. The maximum atomic E-state index is 12.3. The van der Waals surface area contributed by atoms with Gasteiger partial charge in [0.25, 0.3) is 0 Å². The first-order valence-electron chi connectivity index (χ1n) is 12.8. The van der Waals surface area contributed by atoms with Crippen LogP contribution in [0.3, 0.4) is 0 Å². The second-order valence-electron chi connectivity index (χ2n) is 11.6. The first-order chi connectivity index (χ1) is 16.4. The van der Waals surface area contributed by atoms with Gasteiger partial charge in [0, 0.05) is 44.9 Å². The fourth-order valence-corrected chi connectivity index (χ4v) is 7.45. The molecule has 0 saturated heterocycles. The molecule has 4 nitrogen and oxygen atoms in total. The molecule has 1 amide bonds. The molecule has 3 rings (SSSR count). The number of rotatable bonds is 8. The smallest absolute Gasteiger partial charge is 0.221 e. The van der Waals surface area contributed by atoms with Crippen LogP contribution in [0.5, 0.6) is 5.75 Å². The number of pyridine rings is 1. The molecule has 1 aromatic carbocycles. The number of nitrogens with one attached hydrogen (secondary N) is 1. The summed E-state index contributed by atoms with van der Waals surface area (Å²) in [6, 6.07) is 10.2. The summed E-state index contributed by atoms with van der Waals surface area (Å²) in [5.74, 6) is 1.37. The molecule has 0 radical (unpaired) electrons. The van der Waals surface area contributed by atoms with E-state index in [2.05, 4.69) is 64.0 Å². The minimum atomic E-state index is -0.121. The Bertz CT molecular complexity index is 945. The summed E-state index contributed by atoms with van der Waals surface area (Å²) < 4.78 is 0. The third kappa shape index (κ3) is 8.18. The highest BCUT2D eigenvalue weighted by molar-refractivity contribution is 8.03. The highest BCUT2D eigenvalue weighted by Gasteiger charge is 2.30. The van der Waals surface area contributed by atoms with Crippen molar-refractivity contribution < 1.29 is 9.90 Å². The number of thioether (sulfide) groups is 2. The summed E-state index contributed by atoms with van der Waals surface area (Å²) in [5.41, 5.74) is 2.69. The molecule has 0 spiro atoms. The standard InChI is InChI=1S/C29H42N2O2S2/c1-28(2,3)22-17-21(18-23(27(22)33)29(4,5)6)35-25-13-8-7-12-24(25)34-16-14-26(32)31-19-20-11-9-10-15-30-20/h9-11,15,17-18,24-25,33H,7-8,12-14,16,19H2,1-6H3,(H,31,32)/t24-,25-/m0/s1. The number of aromatic hydroxyl groups is 1. The van der Waals surface area contributed by atoms with Crippen molar-refractivity contribution in [3.63, 3.8) is 0 Å². The number of benzene rings is 1. The minimum absolute atomic E-state index is 0.0892. The molecular formula is C29H42N2O2S2. The second-order valence-corrected chi connectivity index (χ2v) is 14.2. The Morgan fingerprint density at radius 1 is 1.03 bits per heavy atom. The lowest BCUT2D eigenvalue weighted by Gasteiger charge is -2.32. The third-order valence-electron chi connectivity index (χ3n) is 6.48. The monoisotopic (exact) mass is 514 g/mol. The number of amides is 1. The van der Waals surface area contributed by atoms with E-state index >= 15 is 0 Å². The molecule has 0 bridgehead atoms. The molecule has 1 heterocycles. The number of aromatic nitrogens is 1. The highest BCUT2D eigenvalue weighted by atomic mass is 32.2. The second kappa shape index (κ2) is 12.1. The van der Waals surface area contributed by atoms with Gasteiger partial charge in [-0.05, 0) is 47.9 Å². The highest BCUT2D eigenvalue weighted by Crippen LogP contribution is 2.45. The van der Waals surface area contributed by atoms with Crippen LogP contribution in [-0.4, -0.2) is 32.3 Å².